The molecule has 0 spiro atoms. The number of primary amides is 1. The van der Waals surface area contributed by atoms with Crippen LogP contribution in [-0.2, 0) is 20.7 Å². The molecule has 2 aromatic rings. The molecule has 158 valence electrons. The first-order chi connectivity index (χ1) is 14.6. The Bertz CT molecular complexity index is 876. The van der Waals surface area contributed by atoms with Gasteiger partial charge in [-0.2, -0.15) is 0 Å². The van der Waals surface area contributed by atoms with Crippen molar-refractivity contribution in [2.45, 2.75) is 32.1 Å². The third-order valence-electron chi connectivity index (χ3n) is 6.51. The minimum absolute atomic E-state index is 0.146. The number of ether oxygens (including phenoxy) is 1. The highest BCUT2D eigenvalue weighted by molar-refractivity contribution is 5.85. The lowest BCUT2D eigenvalue weighted by Crippen LogP contribution is -2.52. The zero-order valence-electron chi connectivity index (χ0n) is 17.3. The number of piperidine rings is 1. The first-order valence-electron chi connectivity index (χ1n) is 10.7. The summed E-state index contributed by atoms with van der Waals surface area (Å²) in [7, 11) is 0. The van der Waals surface area contributed by atoms with E-state index in [0.717, 1.165) is 29.5 Å². The van der Waals surface area contributed by atoms with Crippen molar-refractivity contribution in [1.29, 1.82) is 0 Å². The van der Waals surface area contributed by atoms with E-state index in [1.807, 2.05) is 23.2 Å². The molecule has 3 heterocycles. The van der Waals surface area contributed by atoms with Gasteiger partial charge in [0, 0.05) is 38.7 Å². The topological polar surface area (TPSA) is 85.5 Å². The van der Waals surface area contributed by atoms with Crippen molar-refractivity contribution < 1.29 is 14.3 Å². The molecular weight excluding hydrogens is 378 g/mol. The monoisotopic (exact) mass is 407 g/mol. The van der Waals surface area contributed by atoms with Crippen LogP contribution >= 0.6 is 0 Å². The van der Waals surface area contributed by atoms with Crippen LogP contribution in [0.2, 0.25) is 0 Å². The zero-order valence-corrected chi connectivity index (χ0v) is 17.3. The van der Waals surface area contributed by atoms with E-state index in [-0.39, 0.29) is 17.7 Å². The number of amides is 2. The average molecular weight is 408 g/mol. The van der Waals surface area contributed by atoms with Crippen LogP contribution in [-0.4, -0.2) is 48.0 Å². The summed E-state index contributed by atoms with van der Waals surface area (Å²) in [6.07, 6.45) is 7.30. The van der Waals surface area contributed by atoms with Gasteiger partial charge in [-0.05, 0) is 54.9 Å². The van der Waals surface area contributed by atoms with Crippen LogP contribution < -0.4 is 5.73 Å². The third kappa shape index (κ3) is 4.38. The van der Waals surface area contributed by atoms with Crippen molar-refractivity contribution >= 4 is 11.8 Å². The van der Waals surface area contributed by atoms with Gasteiger partial charge in [-0.25, -0.2) is 0 Å². The van der Waals surface area contributed by atoms with E-state index in [4.69, 9.17) is 10.5 Å². The minimum Gasteiger partial charge on any atom is -0.381 e. The number of aromatic nitrogens is 1. The predicted molar refractivity (Wildman–Crippen MR) is 114 cm³/mol. The number of hydrogen-bond acceptors (Lipinski definition) is 4. The fraction of sp³-hybridized carbons (Fsp3) is 0.458. The second-order valence-corrected chi connectivity index (χ2v) is 8.50. The minimum atomic E-state index is -0.479. The van der Waals surface area contributed by atoms with E-state index in [2.05, 4.69) is 29.2 Å². The lowest BCUT2D eigenvalue weighted by atomic mass is 9.73. The molecule has 1 atom stereocenters. The lowest BCUT2D eigenvalue weighted by Gasteiger charge is -2.42. The zero-order chi connectivity index (χ0) is 21.0. The molecule has 2 fully saturated rings. The number of nitrogens with two attached hydrogens (primary N) is 1. The molecule has 0 bridgehead atoms. The summed E-state index contributed by atoms with van der Waals surface area (Å²) in [5.41, 5.74) is 8.37. The SMILES string of the molecule is NC(=O)[C@H]1CCCN(C(=O)C2(Cc3ccc(-c4cccnc4)cc3)CCOCC2)C1. The molecule has 1 aromatic carbocycles. The molecule has 6 heteroatoms. The maximum Gasteiger partial charge on any atom is 0.229 e. The van der Waals surface area contributed by atoms with Crippen LogP contribution in [0.25, 0.3) is 11.1 Å². The summed E-state index contributed by atoms with van der Waals surface area (Å²) in [5.74, 6) is -0.397. The normalized spacial score (nSPS) is 21.2. The molecule has 4 rings (SSSR count). The second kappa shape index (κ2) is 8.96. The van der Waals surface area contributed by atoms with E-state index in [0.29, 0.717) is 45.6 Å². The Kier molecular flexibility index (Phi) is 6.13. The third-order valence-corrected chi connectivity index (χ3v) is 6.51. The quantitative estimate of drug-likeness (QED) is 0.826. The summed E-state index contributed by atoms with van der Waals surface area (Å²) in [6, 6.07) is 12.4. The van der Waals surface area contributed by atoms with Gasteiger partial charge in [0.25, 0.3) is 0 Å². The van der Waals surface area contributed by atoms with Gasteiger partial charge in [-0.1, -0.05) is 30.3 Å². The Morgan fingerprint density at radius 2 is 1.90 bits per heavy atom. The fourth-order valence-electron chi connectivity index (χ4n) is 4.70. The molecule has 0 aliphatic carbocycles. The molecule has 0 saturated carbocycles. The van der Waals surface area contributed by atoms with Gasteiger partial charge in [0.15, 0.2) is 0 Å². The lowest BCUT2D eigenvalue weighted by molar-refractivity contribution is -0.150. The maximum absolute atomic E-state index is 13.6. The van der Waals surface area contributed by atoms with E-state index < -0.39 is 5.41 Å². The van der Waals surface area contributed by atoms with Crippen molar-refractivity contribution in [2.75, 3.05) is 26.3 Å². The fourth-order valence-corrected chi connectivity index (χ4v) is 4.70. The number of nitrogens with zero attached hydrogens (tertiary/aromatic N) is 2. The Hall–Kier alpha value is -2.73. The van der Waals surface area contributed by atoms with Crippen LogP contribution in [0.4, 0.5) is 0 Å². The van der Waals surface area contributed by atoms with Gasteiger partial charge < -0.3 is 15.4 Å². The molecule has 1 aromatic heterocycles. The Morgan fingerprint density at radius 1 is 1.13 bits per heavy atom. The highest BCUT2D eigenvalue weighted by atomic mass is 16.5. The molecular formula is C24H29N3O3. The highest BCUT2D eigenvalue weighted by Gasteiger charge is 2.43. The summed E-state index contributed by atoms with van der Waals surface area (Å²) < 4.78 is 5.58. The van der Waals surface area contributed by atoms with Gasteiger partial charge in [0.2, 0.25) is 11.8 Å². The second-order valence-electron chi connectivity index (χ2n) is 8.50. The molecule has 30 heavy (non-hydrogen) atoms. The van der Waals surface area contributed by atoms with Gasteiger partial charge in [-0.15, -0.1) is 0 Å². The van der Waals surface area contributed by atoms with Crippen molar-refractivity contribution in [2.24, 2.45) is 17.1 Å². The standard InChI is InChI=1S/C24H29N3O3/c25-22(28)21-4-2-12-27(17-21)23(29)24(9-13-30-14-10-24)15-18-5-7-19(8-6-18)20-3-1-11-26-16-20/h1,3,5-8,11,16,21H,2,4,9-10,12-15,17H2,(H2,25,28)/t21-/m0/s1. The van der Waals surface area contributed by atoms with Gasteiger partial charge in [0.1, 0.15) is 0 Å². The number of likely N-dealkylation sites (tertiary alicyclic amines) is 1. The summed E-state index contributed by atoms with van der Waals surface area (Å²) >= 11 is 0. The maximum atomic E-state index is 13.6. The molecule has 2 aliphatic heterocycles. The Morgan fingerprint density at radius 3 is 2.57 bits per heavy atom. The number of rotatable bonds is 5. The van der Waals surface area contributed by atoms with Crippen LogP contribution in [0.5, 0.6) is 0 Å². The van der Waals surface area contributed by atoms with Crippen LogP contribution in [0.15, 0.2) is 48.8 Å². The van der Waals surface area contributed by atoms with E-state index in [1.54, 1.807) is 6.20 Å². The molecule has 6 nitrogen and oxygen atoms in total. The Labute approximate surface area is 177 Å². The van der Waals surface area contributed by atoms with Gasteiger partial charge >= 0.3 is 0 Å². The summed E-state index contributed by atoms with van der Waals surface area (Å²) in [5, 5.41) is 0. The molecule has 2 aliphatic rings. The number of carbonyl (C=O) groups excluding carboxylic acids is 2. The number of benzene rings is 1. The molecule has 2 amide bonds. The van der Waals surface area contributed by atoms with Crippen LogP contribution in [0.3, 0.4) is 0 Å². The molecule has 0 radical (unpaired) electrons. The van der Waals surface area contributed by atoms with Crippen molar-refractivity contribution in [3.8, 4) is 11.1 Å². The molecule has 0 unspecified atom stereocenters. The van der Waals surface area contributed by atoms with Gasteiger partial charge in [0.05, 0.1) is 11.3 Å². The first-order valence-corrected chi connectivity index (χ1v) is 10.7. The number of carbonyl (C=O) groups is 2. The first kappa shape index (κ1) is 20.5. The van der Waals surface area contributed by atoms with Crippen molar-refractivity contribution in [3.63, 3.8) is 0 Å². The number of pyridine rings is 1. The summed E-state index contributed by atoms with van der Waals surface area (Å²) in [4.78, 5) is 31.4. The summed E-state index contributed by atoms with van der Waals surface area (Å²) in [6.45, 7) is 2.32. The number of hydrogen-bond donors (Lipinski definition) is 1. The highest BCUT2D eigenvalue weighted by Crippen LogP contribution is 2.38. The predicted octanol–water partition coefficient (Wildman–Crippen LogP) is 2.81. The van der Waals surface area contributed by atoms with E-state index >= 15 is 0 Å². The van der Waals surface area contributed by atoms with E-state index in [1.165, 1.54) is 0 Å². The average Bonchev–Trinajstić information content (AvgIpc) is 2.80. The van der Waals surface area contributed by atoms with Crippen molar-refractivity contribution in [3.05, 3.63) is 54.4 Å². The van der Waals surface area contributed by atoms with Crippen molar-refractivity contribution in [1.82, 2.24) is 9.88 Å². The van der Waals surface area contributed by atoms with Gasteiger partial charge in [-0.3, -0.25) is 14.6 Å². The molecule has 2 N–H and O–H groups in total. The Balaban J connectivity index is 1.53. The van der Waals surface area contributed by atoms with Crippen LogP contribution in [0, 0.1) is 11.3 Å². The van der Waals surface area contributed by atoms with E-state index in [9.17, 15) is 9.59 Å². The van der Waals surface area contributed by atoms with Crippen LogP contribution in [0.1, 0.15) is 31.2 Å². The largest absolute Gasteiger partial charge is 0.381 e. The molecule has 2 saturated heterocycles. The smallest absolute Gasteiger partial charge is 0.229 e.